The Morgan fingerprint density at radius 1 is 1.03 bits per heavy atom. The fourth-order valence-electron chi connectivity index (χ4n) is 3.67. The third-order valence-electron chi connectivity index (χ3n) is 5.49. The summed E-state index contributed by atoms with van der Waals surface area (Å²) in [5.74, 6) is 1.06. The van der Waals surface area contributed by atoms with Crippen LogP contribution >= 0.6 is 23.4 Å². The smallest absolute Gasteiger partial charge is 0.269 e. The number of rotatable bonds is 10. The molecule has 0 amide bonds. The summed E-state index contributed by atoms with van der Waals surface area (Å²) in [7, 11) is 0. The lowest BCUT2D eigenvalue weighted by atomic mass is 10.1. The SMILES string of the molecule is Cc1cccc(-n2c(C)nnc2S[C@H](C[N+](=O)[O-])c2ccc(OCc3ccc([N+](=O)[O-])cc3)c(Cl)c2)c1. The summed E-state index contributed by atoms with van der Waals surface area (Å²) < 4.78 is 7.65. The van der Waals surface area contributed by atoms with E-state index in [4.69, 9.17) is 16.3 Å². The van der Waals surface area contributed by atoms with Gasteiger partial charge in [0.25, 0.3) is 5.69 Å². The van der Waals surface area contributed by atoms with E-state index in [9.17, 15) is 20.2 Å². The number of non-ortho nitro benzene ring substituents is 1. The van der Waals surface area contributed by atoms with Crippen LogP contribution in [0.5, 0.6) is 5.75 Å². The number of aryl methyl sites for hydroxylation is 2. The van der Waals surface area contributed by atoms with Crippen LogP contribution in [-0.4, -0.2) is 31.2 Å². The van der Waals surface area contributed by atoms with Crippen molar-refractivity contribution in [1.29, 1.82) is 0 Å². The maximum atomic E-state index is 11.5. The Bertz CT molecular complexity index is 1440. The molecular weight excluding hydrogens is 518 g/mol. The van der Waals surface area contributed by atoms with Crippen molar-refractivity contribution in [2.75, 3.05) is 6.54 Å². The highest BCUT2D eigenvalue weighted by atomic mass is 35.5. The molecule has 4 rings (SSSR count). The van der Waals surface area contributed by atoms with Gasteiger partial charge in [-0.25, -0.2) is 0 Å². The number of benzene rings is 3. The van der Waals surface area contributed by atoms with Gasteiger partial charge in [-0.15, -0.1) is 10.2 Å². The monoisotopic (exact) mass is 539 g/mol. The molecule has 0 bridgehead atoms. The molecule has 0 unspecified atom stereocenters. The highest BCUT2D eigenvalue weighted by Crippen LogP contribution is 2.38. The number of thioether (sulfide) groups is 1. The number of nitro benzene ring substituents is 1. The van der Waals surface area contributed by atoms with Gasteiger partial charge in [-0.3, -0.25) is 24.8 Å². The minimum atomic E-state index is -0.580. The third kappa shape index (κ3) is 6.43. The summed E-state index contributed by atoms with van der Waals surface area (Å²) >= 11 is 7.71. The van der Waals surface area contributed by atoms with Crippen LogP contribution in [0.2, 0.25) is 5.02 Å². The second-order valence-electron chi connectivity index (χ2n) is 8.23. The maximum absolute atomic E-state index is 11.5. The zero-order valence-electron chi connectivity index (χ0n) is 19.9. The lowest BCUT2D eigenvalue weighted by molar-refractivity contribution is -0.479. The van der Waals surface area contributed by atoms with Gasteiger partial charge in [0, 0.05) is 22.7 Å². The van der Waals surface area contributed by atoms with E-state index in [1.165, 1.54) is 23.9 Å². The van der Waals surface area contributed by atoms with Crippen LogP contribution in [0.15, 0.2) is 71.9 Å². The van der Waals surface area contributed by atoms with Gasteiger partial charge in [-0.2, -0.15) is 0 Å². The Balaban J connectivity index is 1.54. The Hall–Kier alpha value is -3.96. The first kappa shape index (κ1) is 26.1. The van der Waals surface area contributed by atoms with Gasteiger partial charge in [0.15, 0.2) is 5.16 Å². The molecule has 10 nitrogen and oxygen atoms in total. The van der Waals surface area contributed by atoms with Crippen molar-refractivity contribution >= 4 is 29.1 Å². The molecule has 0 N–H and O–H groups in total. The van der Waals surface area contributed by atoms with Crippen molar-refractivity contribution in [1.82, 2.24) is 14.8 Å². The molecule has 0 saturated heterocycles. The van der Waals surface area contributed by atoms with E-state index >= 15 is 0 Å². The fraction of sp³-hybridized carbons (Fsp3) is 0.200. The molecule has 1 heterocycles. The molecule has 1 aromatic heterocycles. The predicted molar refractivity (Wildman–Crippen MR) is 140 cm³/mol. The lowest BCUT2D eigenvalue weighted by Crippen LogP contribution is -2.11. The van der Waals surface area contributed by atoms with Crippen LogP contribution in [0.3, 0.4) is 0 Å². The van der Waals surface area contributed by atoms with Gasteiger partial charge in [-0.05, 0) is 66.9 Å². The Kier molecular flexibility index (Phi) is 8.04. The van der Waals surface area contributed by atoms with E-state index < -0.39 is 10.2 Å². The van der Waals surface area contributed by atoms with Gasteiger partial charge >= 0.3 is 0 Å². The lowest BCUT2D eigenvalue weighted by Gasteiger charge is -2.16. The van der Waals surface area contributed by atoms with Gasteiger partial charge in [-0.1, -0.05) is 41.6 Å². The molecule has 0 aliphatic rings. The first-order chi connectivity index (χ1) is 17.7. The van der Waals surface area contributed by atoms with E-state index in [0.717, 1.165) is 16.8 Å². The molecule has 37 heavy (non-hydrogen) atoms. The predicted octanol–water partition coefficient (Wildman–Crippen LogP) is 6.13. The van der Waals surface area contributed by atoms with Crippen molar-refractivity contribution in [2.45, 2.75) is 30.9 Å². The second kappa shape index (κ2) is 11.4. The first-order valence-corrected chi connectivity index (χ1v) is 12.4. The summed E-state index contributed by atoms with van der Waals surface area (Å²) in [4.78, 5) is 21.5. The van der Waals surface area contributed by atoms with Crippen molar-refractivity contribution in [3.8, 4) is 11.4 Å². The normalized spacial score (nSPS) is 11.8. The molecule has 0 fully saturated rings. The van der Waals surface area contributed by atoms with Gasteiger partial charge in [0.1, 0.15) is 23.4 Å². The van der Waals surface area contributed by atoms with Crippen LogP contribution in [0.25, 0.3) is 5.69 Å². The van der Waals surface area contributed by atoms with E-state index in [1.807, 2.05) is 42.7 Å². The summed E-state index contributed by atoms with van der Waals surface area (Å²) in [6, 6.07) is 18.9. The molecule has 0 spiro atoms. The van der Waals surface area contributed by atoms with Gasteiger partial charge in [0.05, 0.1) is 9.95 Å². The molecule has 1 atom stereocenters. The molecule has 0 radical (unpaired) electrons. The molecule has 0 aliphatic carbocycles. The van der Waals surface area contributed by atoms with Crippen LogP contribution in [0.1, 0.15) is 27.8 Å². The minimum Gasteiger partial charge on any atom is -0.487 e. The van der Waals surface area contributed by atoms with E-state index in [-0.39, 0.29) is 23.8 Å². The number of hydrogen-bond acceptors (Lipinski definition) is 8. The summed E-state index contributed by atoms with van der Waals surface area (Å²) in [5, 5.41) is 31.0. The molecular formula is C25H22ClN5O5S. The number of halogens is 1. The van der Waals surface area contributed by atoms with Crippen molar-refractivity contribution in [3.05, 3.63) is 114 Å². The average molecular weight is 540 g/mol. The van der Waals surface area contributed by atoms with Crippen LogP contribution < -0.4 is 4.74 Å². The molecule has 3 aromatic carbocycles. The quantitative estimate of drug-likeness (QED) is 0.134. The number of nitro groups is 2. The van der Waals surface area contributed by atoms with Crippen LogP contribution in [0.4, 0.5) is 5.69 Å². The zero-order chi connectivity index (χ0) is 26.5. The standard InChI is InChI=1S/C25H22ClN5O5S/c1-16-4-3-5-21(12-16)30-17(2)27-28-25(30)37-24(14-29(32)33)19-8-11-23(22(26)13-19)36-15-18-6-9-20(10-7-18)31(34)35/h3-13,24H,14-15H2,1-2H3/t24-/m1/s1. The number of ether oxygens (including phenoxy) is 1. The third-order valence-corrected chi connectivity index (χ3v) is 6.96. The molecule has 4 aromatic rings. The van der Waals surface area contributed by atoms with Crippen LogP contribution in [-0.2, 0) is 6.61 Å². The van der Waals surface area contributed by atoms with Crippen molar-refractivity contribution < 1.29 is 14.6 Å². The minimum absolute atomic E-state index is 0.00565. The van der Waals surface area contributed by atoms with E-state index in [0.29, 0.717) is 27.3 Å². The first-order valence-electron chi connectivity index (χ1n) is 11.1. The summed E-state index contributed by atoms with van der Waals surface area (Å²) in [5.41, 5.74) is 3.32. The topological polar surface area (TPSA) is 126 Å². The maximum Gasteiger partial charge on any atom is 0.269 e. The second-order valence-corrected chi connectivity index (χ2v) is 9.81. The molecule has 0 aliphatic heterocycles. The highest BCUT2D eigenvalue weighted by Gasteiger charge is 2.24. The molecule has 12 heteroatoms. The van der Waals surface area contributed by atoms with E-state index in [2.05, 4.69) is 10.2 Å². The van der Waals surface area contributed by atoms with Crippen molar-refractivity contribution in [2.24, 2.45) is 0 Å². The summed E-state index contributed by atoms with van der Waals surface area (Å²) in [6.07, 6.45) is 0. The number of nitrogens with zero attached hydrogens (tertiary/aromatic N) is 5. The zero-order valence-corrected chi connectivity index (χ0v) is 21.5. The average Bonchev–Trinajstić information content (AvgIpc) is 3.22. The highest BCUT2D eigenvalue weighted by molar-refractivity contribution is 7.99. The Labute approximate surface area is 221 Å². The Morgan fingerprint density at radius 3 is 2.43 bits per heavy atom. The van der Waals surface area contributed by atoms with Crippen molar-refractivity contribution in [3.63, 3.8) is 0 Å². The van der Waals surface area contributed by atoms with E-state index in [1.54, 1.807) is 30.3 Å². The largest absolute Gasteiger partial charge is 0.487 e. The van der Waals surface area contributed by atoms with Crippen LogP contribution in [0, 0.1) is 34.1 Å². The number of aromatic nitrogens is 3. The molecule has 190 valence electrons. The van der Waals surface area contributed by atoms with Gasteiger partial charge < -0.3 is 4.74 Å². The fourth-order valence-corrected chi connectivity index (χ4v) is 5.07. The van der Waals surface area contributed by atoms with Gasteiger partial charge in [0.2, 0.25) is 6.54 Å². The molecule has 0 saturated carbocycles. The Morgan fingerprint density at radius 2 is 1.78 bits per heavy atom. The summed E-state index contributed by atoms with van der Waals surface area (Å²) in [6.45, 7) is 3.63. The number of hydrogen-bond donors (Lipinski definition) is 0.